The first kappa shape index (κ1) is 16.2. The molecule has 74 valence electrons. The third-order valence-electron chi connectivity index (χ3n) is 1.51. The van der Waals surface area contributed by atoms with Gasteiger partial charge in [-0.2, -0.15) is 0 Å². The van der Waals surface area contributed by atoms with Gasteiger partial charge >= 0.3 is 29.6 Å². The van der Waals surface area contributed by atoms with E-state index in [0.29, 0.717) is 0 Å². The van der Waals surface area contributed by atoms with Crippen molar-refractivity contribution in [2.75, 3.05) is 13.2 Å². The van der Waals surface area contributed by atoms with Crippen LogP contribution in [0.3, 0.4) is 0 Å². The second-order valence-electron chi connectivity index (χ2n) is 2.48. The summed E-state index contributed by atoms with van der Waals surface area (Å²) in [5.74, 6) is 0. The fraction of sp³-hybridized carbons (Fsp3) is 1.00. The van der Waals surface area contributed by atoms with Crippen LogP contribution in [0.1, 0.15) is 0 Å². The molecule has 13 heavy (non-hydrogen) atoms. The quantitative estimate of drug-likeness (QED) is 0.248. The third-order valence-corrected chi connectivity index (χ3v) is 1.51. The fourth-order valence-electron chi connectivity index (χ4n) is 0.671. The molecule has 0 saturated heterocycles. The van der Waals surface area contributed by atoms with Gasteiger partial charge in [0, 0.05) is 0 Å². The minimum Gasteiger partial charge on any atom is -0.394 e. The average Bonchev–Trinajstić information content (AvgIpc) is 2.12. The van der Waals surface area contributed by atoms with E-state index >= 15 is 0 Å². The predicted octanol–water partition coefficient (Wildman–Crippen LogP) is -6.58. The second-order valence-corrected chi connectivity index (χ2v) is 2.48. The van der Waals surface area contributed by atoms with Crippen molar-refractivity contribution in [3.63, 3.8) is 0 Å². The molecule has 0 aliphatic heterocycles. The van der Waals surface area contributed by atoms with E-state index in [0.717, 1.165) is 0 Å². The van der Waals surface area contributed by atoms with E-state index in [1.54, 1.807) is 0 Å². The van der Waals surface area contributed by atoms with Gasteiger partial charge in [-0.15, -0.1) is 0 Å². The Labute approximate surface area is 97.7 Å². The van der Waals surface area contributed by atoms with Gasteiger partial charge in [0.2, 0.25) is 0 Å². The minimum atomic E-state index is -1.67. The van der Waals surface area contributed by atoms with Crippen molar-refractivity contribution in [1.29, 1.82) is 0 Å². The Hall–Kier alpha value is 0.760. The molecule has 0 rings (SSSR count). The fourth-order valence-corrected chi connectivity index (χ4v) is 0.671. The third kappa shape index (κ3) is 5.26. The summed E-state index contributed by atoms with van der Waals surface area (Å²) in [5.41, 5.74) is 0. The molecule has 0 aromatic carbocycles. The smallest absolute Gasteiger partial charge is 0.394 e. The second kappa shape index (κ2) is 8.10. The molecule has 0 aliphatic rings. The molecule has 6 nitrogen and oxygen atoms in total. The van der Waals surface area contributed by atoms with Gasteiger partial charge in [-0.05, 0) is 0 Å². The molecule has 0 heterocycles. The maximum absolute atomic E-state index is 8.96. The molecule has 0 aromatic rings. The Balaban J connectivity index is 0. The average molecular weight is 205 g/mol. The van der Waals surface area contributed by atoms with E-state index in [1.165, 1.54) is 0 Å². The van der Waals surface area contributed by atoms with Crippen molar-refractivity contribution >= 4 is 0 Å². The molecular weight excluding hydrogens is 191 g/mol. The van der Waals surface area contributed by atoms with Crippen LogP contribution in [0.15, 0.2) is 0 Å². The Morgan fingerprint density at radius 2 is 0.923 bits per heavy atom. The van der Waals surface area contributed by atoms with Crippen LogP contribution >= 0.6 is 0 Å². The Morgan fingerprint density at radius 1 is 0.692 bits per heavy atom. The number of aliphatic hydroxyl groups is 6. The van der Waals surface area contributed by atoms with Gasteiger partial charge in [0.25, 0.3) is 0 Å². The van der Waals surface area contributed by atoms with Gasteiger partial charge in [-0.25, -0.2) is 0 Å². The summed E-state index contributed by atoms with van der Waals surface area (Å²) in [6.45, 7) is -1.45. The normalized spacial score (nSPS) is 19.8. The first-order valence-corrected chi connectivity index (χ1v) is 3.48. The summed E-state index contributed by atoms with van der Waals surface area (Å²) in [7, 11) is 0. The Morgan fingerprint density at radius 3 is 1.08 bits per heavy atom. The van der Waals surface area contributed by atoms with Gasteiger partial charge in [0.15, 0.2) is 0 Å². The van der Waals surface area contributed by atoms with Crippen LogP contribution in [0.5, 0.6) is 0 Å². The van der Waals surface area contributed by atoms with Gasteiger partial charge in [-0.3, -0.25) is 0 Å². The first-order valence-electron chi connectivity index (χ1n) is 3.48. The summed E-state index contributed by atoms with van der Waals surface area (Å²) in [5, 5.41) is 52.2. The van der Waals surface area contributed by atoms with Crippen molar-refractivity contribution in [2.45, 2.75) is 24.4 Å². The van der Waals surface area contributed by atoms with Crippen molar-refractivity contribution in [2.24, 2.45) is 0 Å². The van der Waals surface area contributed by atoms with Crippen molar-refractivity contribution in [3.05, 3.63) is 0 Å². The van der Waals surface area contributed by atoms with Crippen LogP contribution in [0.2, 0.25) is 0 Å². The molecule has 0 fully saturated rings. The van der Waals surface area contributed by atoms with Gasteiger partial charge < -0.3 is 30.6 Å². The standard InChI is InChI=1S/C6H14O6.Na/c7-1-3(9)5(11)6(12)4(10)2-8;/h3-12H,1-2H2;/q;+1/t3-,4+,5-,6-;/m1./s1. The van der Waals surface area contributed by atoms with Gasteiger partial charge in [0.1, 0.15) is 24.4 Å². The molecule has 4 atom stereocenters. The van der Waals surface area contributed by atoms with E-state index in [1.807, 2.05) is 0 Å². The molecule has 0 spiro atoms. The SMILES string of the molecule is OC[C@@H](O)[C@@H](O)[C@H](O)[C@@H](O)CO.[Na+]. The van der Waals surface area contributed by atoms with Crippen molar-refractivity contribution < 1.29 is 60.2 Å². The summed E-state index contributed by atoms with van der Waals surface area (Å²) < 4.78 is 0. The molecule has 0 unspecified atom stereocenters. The van der Waals surface area contributed by atoms with E-state index in [9.17, 15) is 0 Å². The molecule has 0 radical (unpaired) electrons. The summed E-state index contributed by atoms with van der Waals surface area (Å²) >= 11 is 0. The molecular formula is C6H14NaO6+. The molecule has 6 N–H and O–H groups in total. The Kier molecular flexibility index (Phi) is 10.1. The van der Waals surface area contributed by atoms with Crippen LogP contribution in [-0.4, -0.2) is 68.3 Å². The first-order chi connectivity index (χ1) is 5.54. The maximum Gasteiger partial charge on any atom is 1.00 e. The topological polar surface area (TPSA) is 121 Å². The van der Waals surface area contributed by atoms with E-state index < -0.39 is 37.6 Å². The zero-order valence-corrected chi connectivity index (χ0v) is 9.41. The van der Waals surface area contributed by atoms with Gasteiger partial charge in [-0.1, -0.05) is 0 Å². The molecule has 7 heteroatoms. The number of hydrogen-bond acceptors (Lipinski definition) is 6. The summed E-state index contributed by atoms with van der Waals surface area (Å²) in [4.78, 5) is 0. The molecule has 0 amide bonds. The zero-order chi connectivity index (χ0) is 9.72. The molecule has 0 aliphatic carbocycles. The van der Waals surface area contributed by atoms with E-state index in [4.69, 9.17) is 30.6 Å². The zero-order valence-electron chi connectivity index (χ0n) is 7.41. The van der Waals surface area contributed by atoms with Crippen LogP contribution in [0, 0.1) is 0 Å². The minimum absolute atomic E-state index is 0. The molecule has 0 bridgehead atoms. The predicted molar refractivity (Wildman–Crippen MR) is 38.2 cm³/mol. The number of hydrogen-bond donors (Lipinski definition) is 6. The van der Waals surface area contributed by atoms with Gasteiger partial charge in [0.05, 0.1) is 13.2 Å². The van der Waals surface area contributed by atoms with Crippen LogP contribution < -0.4 is 29.6 Å². The largest absolute Gasteiger partial charge is 1.00 e. The van der Waals surface area contributed by atoms with E-state index in [2.05, 4.69) is 0 Å². The number of rotatable bonds is 5. The van der Waals surface area contributed by atoms with Crippen LogP contribution in [0.4, 0.5) is 0 Å². The van der Waals surface area contributed by atoms with Crippen molar-refractivity contribution in [3.8, 4) is 0 Å². The summed E-state index contributed by atoms with van der Waals surface area (Å²) in [6.07, 6.45) is -6.39. The maximum atomic E-state index is 8.96. The summed E-state index contributed by atoms with van der Waals surface area (Å²) in [6, 6.07) is 0. The van der Waals surface area contributed by atoms with Crippen molar-refractivity contribution in [1.82, 2.24) is 0 Å². The molecule has 0 saturated carbocycles. The molecule has 0 aromatic heterocycles. The van der Waals surface area contributed by atoms with Crippen LogP contribution in [-0.2, 0) is 0 Å². The van der Waals surface area contributed by atoms with Crippen LogP contribution in [0.25, 0.3) is 0 Å². The Bertz CT molecular complexity index is 110. The monoisotopic (exact) mass is 205 g/mol. The number of aliphatic hydroxyl groups excluding tert-OH is 6. The van der Waals surface area contributed by atoms with E-state index in [-0.39, 0.29) is 29.6 Å².